The highest BCUT2D eigenvalue weighted by Crippen LogP contribution is 2.48. The number of amides is 1. The lowest BCUT2D eigenvalue weighted by atomic mass is 9.79. The summed E-state index contributed by atoms with van der Waals surface area (Å²) in [6.07, 6.45) is 1.90. The van der Waals surface area contributed by atoms with Gasteiger partial charge >= 0.3 is 5.97 Å². The van der Waals surface area contributed by atoms with Gasteiger partial charge in [-0.25, -0.2) is 0 Å². The summed E-state index contributed by atoms with van der Waals surface area (Å²) >= 11 is 0. The Bertz CT molecular complexity index is 866. The van der Waals surface area contributed by atoms with Crippen LogP contribution in [0.15, 0.2) is 30.0 Å². The maximum Gasteiger partial charge on any atom is 0.303 e. The topological polar surface area (TPSA) is 88.9 Å². The third-order valence-corrected chi connectivity index (χ3v) is 5.56. The van der Waals surface area contributed by atoms with Crippen molar-refractivity contribution in [1.29, 1.82) is 5.26 Å². The zero-order chi connectivity index (χ0) is 20.5. The molecule has 0 spiro atoms. The number of carbonyl (C=O) groups excluding carboxylic acids is 2. The maximum absolute atomic E-state index is 12.7. The van der Waals surface area contributed by atoms with Crippen LogP contribution in [0.2, 0.25) is 0 Å². The van der Waals surface area contributed by atoms with E-state index >= 15 is 0 Å². The molecule has 7 nitrogen and oxygen atoms in total. The molecule has 0 unspecified atom stereocenters. The Morgan fingerprint density at radius 1 is 1.39 bits per heavy atom. The number of hydrogen-bond acceptors (Lipinski definition) is 6. The van der Waals surface area contributed by atoms with Crippen molar-refractivity contribution in [3.05, 3.63) is 41.2 Å². The van der Waals surface area contributed by atoms with Gasteiger partial charge in [0.15, 0.2) is 6.10 Å². The molecule has 0 bridgehead atoms. The first-order valence-electron chi connectivity index (χ1n) is 9.34. The molecule has 0 fully saturated rings. The van der Waals surface area contributed by atoms with E-state index in [-0.39, 0.29) is 12.5 Å². The number of hydrogen-bond donors (Lipinski definition) is 0. The van der Waals surface area contributed by atoms with Crippen LogP contribution in [0.25, 0.3) is 0 Å². The number of rotatable bonds is 5. The number of esters is 1. The van der Waals surface area contributed by atoms with Crippen molar-refractivity contribution in [2.75, 3.05) is 13.7 Å². The monoisotopic (exact) mass is 384 g/mol. The van der Waals surface area contributed by atoms with Crippen LogP contribution in [-0.4, -0.2) is 42.1 Å². The van der Waals surface area contributed by atoms with Gasteiger partial charge in [0, 0.05) is 18.6 Å². The van der Waals surface area contributed by atoms with Crippen LogP contribution in [0.5, 0.6) is 5.75 Å². The second-order valence-electron chi connectivity index (χ2n) is 6.99. The summed E-state index contributed by atoms with van der Waals surface area (Å²) in [5.41, 5.74) is 0.316. The highest BCUT2D eigenvalue weighted by atomic mass is 16.6. The summed E-state index contributed by atoms with van der Waals surface area (Å²) in [4.78, 5) is 26.3. The van der Waals surface area contributed by atoms with Crippen molar-refractivity contribution in [3.8, 4) is 11.8 Å². The Kier molecular flexibility index (Phi) is 5.32. The van der Waals surface area contributed by atoms with Crippen LogP contribution in [0.3, 0.4) is 0 Å². The van der Waals surface area contributed by atoms with E-state index in [4.69, 9.17) is 14.2 Å². The van der Waals surface area contributed by atoms with Gasteiger partial charge in [0.1, 0.15) is 23.2 Å². The molecular formula is C21H24N2O5. The minimum Gasteiger partial charge on any atom is -0.499 e. The Morgan fingerprint density at radius 2 is 2.11 bits per heavy atom. The SMILES string of the molecule is CCC1(CC)Oc2ccc(C#N)cc2[C@H](N2CC(OC)=CC2=O)[C@H]1OC(C)=O. The molecule has 7 heteroatoms. The molecule has 2 heterocycles. The molecule has 1 aromatic carbocycles. The second kappa shape index (κ2) is 7.55. The van der Waals surface area contributed by atoms with Gasteiger partial charge in [-0.3, -0.25) is 9.59 Å². The quantitative estimate of drug-likeness (QED) is 0.725. The normalized spacial score (nSPS) is 22.6. The van der Waals surface area contributed by atoms with E-state index in [1.807, 2.05) is 13.8 Å². The predicted octanol–water partition coefficient (Wildman–Crippen LogP) is 2.85. The van der Waals surface area contributed by atoms with Crippen molar-refractivity contribution in [1.82, 2.24) is 4.90 Å². The van der Waals surface area contributed by atoms with E-state index in [2.05, 4.69) is 6.07 Å². The van der Waals surface area contributed by atoms with E-state index in [1.54, 1.807) is 23.1 Å². The van der Waals surface area contributed by atoms with Gasteiger partial charge in [0.2, 0.25) is 0 Å². The zero-order valence-corrected chi connectivity index (χ0v) is 16.5. The number of methoxy groups -OCH3 is 1. The van der Waals surface area contributed by atoms with Crippen LogP contribution in [0.1, 0.15) is 50.8 Å². The van der Waals surface area contributed by atoms with Gasteiger partial charge in [0.25, 0.3) is 5.91 Å². The molecule has 2 atom stereocenters. The van der Waals surface area contributed by atoms with E-state index in [9.17, 15) is 14.9 Å². The third-order valence-electron chi connectivity index (χ3n) is 5.56. The number of nitriles is 1. The highest BCUT2D eigenvalue weighted by molar-refractivity contribution is 5.91. The minimum absolute atomic E-state index is 0.227. The van der Waals surface area contributed by atoms with Crippen LogP contribution in [0, 0.1) is 11.3 Å². The highest BCUT2D eigenvalue weighted by Gasteiger charge is 2.53. The fourth-order valence-electron chi connectivity index (χ4n) is 4.02. The predicted molar refractivity (Wildman–Crippen MR) is 100 cm³/mol. The van der Waals surface area contributed by atoms with Crippen molar-refractivity contribution >= 4 is 11.9 Å². The zero-order valence-electron chi connectivity index (χ0n) is 16.5. The van der Waals surface area contributed by atoms with E-state index in [0.717, 1.165) is 0 Å². The average Bonchev–Trinajstić information content (AvgIpc) is 3.07. The molecule has 0 aromatic heterocycles. The first kappa shape index (κ1) is 19.7. The van der Waals surface area contributed by atoms with Crippen molar-refractivity contribution in [2.24, 2.45) is 0 Å². The van der Waals surface area contributed by atoms with Crippen LogP contribution in [-0.2, 0) is 19.1 Å². The average molecular weight is 384 g/mol. The van der Waals surface area contributed by atoms with E-state index in [0.29, 0.717) is 35.5 Å². The molecular weight excluding hydrogens is 360 g/mol. The van der Waals surface area contributed by atoms with Gasteiger partial charge in [-0.2, -0.15) is 5.26 Å². The molecule has 3 rings (SSSR count). The molecule has 2 aliphatic heterocycles. The molecule has 1 aromatic rings. The van der Waals surface area contributed by atoms with Crippen molar-refractivity contribution < 1.29 is 23.8 Å². The molecule has 1 amide bonds. The lowest BCUT2D eigenvalue weighted by Gasteiger charge is -2.49. The third kappa shape index (κ3) is 3.19. The Morgan fingerprint density at radius 3 is 2.64 bits per heavy atom. The van der Waals surface area contributed by atoms with E-state index < -0.39 is 23.7 Å². The number of benzene rings is 1. The van der Waals surface area contributed by atoms with Gasteiger partial charge in [-0.05, 0) is 31.0 Å². The standard InChI is InChI=1S/C21H24N2O5/c1-5-21(6-2)20(27-13(3)24)19(23-12-15(26-4)10-18(23)25)16-9-14(11-22)7-8-17(16)28-21/h7-10,19-20H,5-6,12H2,1-4H3/t19-,20+/m0/s1. The largest absolute Gasteiger partial charge is 0.499 e. The fraction of sp³-hybridized carbons (Fsp3) is 0.476. The molecule has 0 N–H and O–H groups in total. The lowest BCUT2D eigenvalue weighted by molar-refractivity contribution is -0.177. The summed E-state index contributed by atoms with van der Waals surface area (Å²) in [6, 6.07) is 6.66. The summed E-state index contributed by atoms with van der Waals surface area (Å²) in [5, 5.41) is 9.34. The van der Waals surface area contributed by atoms with E-state index in [1.165, 1.54) is 20.1 Å². The molecule has 0 saturated heterocycles. The molecule has 0 saturated carbocycles. The number of carbonyl (C=O) groups is 2. The Labute approximate surface area is 164 Å². The summed E-state index contributed by atoms with van der Waals surface area (Å²) in [6.45, 7) is 5.54. The van der Waals surface area contributed by atoms with Crippen LogP contribution >= 0.6 is 0 Å². The molecule has 0 aliphatic carbocycles. The first-order chi connectivity index (χ1) is 13.4. The minimum atomic E-state index is -0.784. The number of fused-ring (bicyclic) bond motifs is 1. The molecule has 0 radical (unpaired) electrons. The van der Waals surface area contributed by atoms with Gasteiger partial charge in [-0.1, -0.05) is 13.8 Å². The Hall–Kier alpha value is -3.01. The maximum atomic E-state index is 12.7. The van der Waals surface area contributed by atoms with Crippen LogP contribution < -0.4 is 4.74 Å². The summed E-state index contributed by atoms with van der Waals surface area (Å²) in [5.74, 6) is 0.455. The molecule has 148 valence electrons. The van der Waals surface area contributed by atoms with Crippen molar-refractivity contribution in [2.45, 2.75) is 51.4 Å². The van der Waals surface area contributed by atoms with Gasteiger partial charge in [0.05, 0.1) is 25.3 Å². The van der Waals surface area contributed by atoms with Crippen molar-refractivity contribution in [3.63, 3.8) is 0 Å². The number of ether oxygens (including phenoxy) is 3. The Balaban J connectivity index is 2.19. The molecule has 28 heavy (non-hydrogen) atoms. The fourth-order valence-corrected chi connectivity index (χ4v) is 4.02. The van der Waals surface area contributed by atoms with Crippen LogP contribution in [0.4, 0.5) is 0 Å². The second-order valence-corrected chi connectivity index (χ2v) is 6.99. The number of nitrogens with zero attached hydrogens (tertiary/aromatic N) is 2. The lowest BCUT2D eigenvalue weighted by Crippen LogP contribution is -2.58. The van der Waals surface area contributed by atoms with Gasteiger partial charge in [-0.15, -0.1) is 0 Å². The van der Waals surface area contributed by atoms with Gasteiger partial charge < -0.3 is 19.1 Å². The molecule has 2 aliphatic rings. The summed E-state index contributed by atoms with van der Waals surface area (Å²) < 4.78 is 17.4. The smallest absolute Gasteiger partial charge is 0.303 e. The first-order valence-corrected chi connectivity index (χ1v) is 9.34. The summed E-state index contributed by atoms with van der Waals surface area (Å²) in [7, 11) is 1.51.